The summed E-state index contributed by atoms with van der Waals surface area (Å²) in [5.41, 5.74) is 0.309. The molecule has 0 unspecified atom stereocenters. The number of nitrogens with zero attached hydrogens (tertiary/aromatic N) is 3. The molecule has 0 amide bonds. The summed E-state index contributed by atoms with van der Waals surface area (Å²) in [7, 11) is -4.08. The first-order chi connectivity index (χ1) is 15.3. The zero-order valence-electron chi connectivity index (χ0n) is 16.5. The lowest BCUT2D eigenvalue weighted by molar-refractivity contribution is 0.0982. The number of benzene rings is 2. The molecule has 2 aromatic carbocycles. The van der Waals surface area contributed by atoms with Gasteiger partial charge in [-0.3, -0.25) is 9.20 Å². The lowest BCUT2D eigenvalue weighted by Crippen LogP contribution is -2.05. The van der Waals surface area contributed by atoms with Crippen LogP contribution < -0.4 is 0 Å². The van der Waals surface area contributed by atoms with E-state index in [4.69, 9.17) is 0 Å². The first-order valence-electron chi connectivity index (χ1n) is 9.49. The van der Waals surface area contributed by atoms with E-state index in [1.807, 2.05) is 0 Å². The Kier molecular flexibility index (Phi) is 5.79. The maximum absolute atomic E-state index is 13.8. The van der Waals surface area contributed by atoms with Crippen LogP contribution in [0.1, 0.15) is 34.3 Å². The van der Waals surface area contributed by atoms with Crippen molar-refractivity contribution in [3.63, 3.8) is 0 Å². The van der Waals surface area contributed by atoms with Gasteiger partial charge in [-0.1, -0.05) is 12.1 Å². The third-order valence-electron chi connectivity index (χ3n) is 4.96. The number of Topliss-reactive ketones (excluding diaryl/α,β-unsaturated/α-hetero) is 1. The van der Waals surface area contributed by atoms with Gasteiger partial charge >= 0.3 is 0 Å². The van der Waals surface area contributed by atoms with Crippen LogP contribution in [0.5, 0.6) is 0 Å². The highest BCUT2D eigenvalue weighted by atomic mass is 32.2. The van der Waals surface area contributed by atoms with Crippen LogP contribution in [0.3, 0.4) is 0 Å². The summed E-state index contributed by atoms with van der Waals surface area (Å²) in [6.07, 6.45) is 3.89. The van der Waals surface area contributed by atoms with E-state index in [0.717, 1.165) is 17.7 Å². The minimum absolute atomic E-state index is 0.105. The van der Waals surface area contributed by atoms with Crippen molar-refractivity contribution in [1.82, 2.24) is 14.4 Å². The molecule has 0 bridgehead atoms. The molecule has 0 saturated carbocycles. The first-order valence-corrected chi connectivity index (χ1v) is 11.0. The highest BCUT2D eigenvalue weighted by Gasteiger charge is 2.21. The van der Waals surface area contributed by atoms with Crippen LogP contribution in [0.25, 0.3) is 5.78 Å². The molecule has 4 rings (SSSR count). The van der Waals surface area contributed by atoms with Gasteiger partial charge in [0.05, 0.1) is 20.9 Å². The monoisotopic (exact) mass is 459 g/mol. The van der Waals surface area contributed by atoms with E-state index in [2.05, 4.69) is 9.97 Å². The van der Waals surface area contributed by atoms with Crippen LogP contribution in [0.4, 0.5) is 13.2 Å². The number of rotatable bonds is 7. The summed E-state index contributed by atoms with van der Waals surface area (Å²) in [5, 5.41) is 0. The van der Waals surface area contributed by atoms with Crippen molar-refractivity contribution in [2.24, 2.45) is 0 Å². The number of aromatic nitrogens is 3. The number of carbonyl (C=O) groups excluding carboxylic acids is 1. The number of hydrogen-bond acceptors (Lipinski definition) is 5. The fourth-order valence-corrected chi connectivity index (χ4v) is 4.46. The highest BCUT2D eigenvalue weighted by molar-refractivity contribution is 7.91. The Morgan fingerprint density at radius 2 is 1.75 bits per heavy atom. The number of hydrogen-bond donors (Lipinski definition) is 0. The zero-order chi connectivity index (χ0) is 22.9. The van der Waals surface area contributed by atoms with Crippen LogP contribution in [0.2, 0.25) is 0 Å². The molecule has 0 radical (unpaired) electrons. The molecule has 0 aliphatic rings. The summed E-state index contributed by atoms with van der Waals surface area (Å²) in [6, 6.07) is 8.11. The SMILES string of the molecule is O=C(CCc1ccc(S(=O)(=O)c2ccc(C(F)F)c(F)c2)cc1)c1cnc2nccn2c1. The molecule has 0 fully saturated rings. The van der Waals surface area contributed by atoms with E-state index in [9.17, 15) is 26.4 Å². The average Bonchev–Trinajstić information content (AvgIpc) is 3.25. The Bertz CT molecular complexity index is 1400. The molecule has 10 heteroatoms. The number of carbonyl (C=O) groups is 1. The van der Waals surface area contributed by atoms with E-state index in [-0.39, 0.29) is 17.1 Å². The maximum atomic E-state index is 13.8. The van der Waals surface area contributed by atoms with E-state index in [0.29, 0.717) is 23.8 Å². The molecule has 0 aliphatic heterocycles. The average molecular weight is 459 g/mol. The lowest BCUT2D eigenvalue weighted by Gasteiger charge is -2.08. The van der Waals surface area contributed by atoms with Gasteiger partial charge in [-0.2, -0.15) is 0 Å². The Morgan fingerprint density at radius 3 is 2.44 bits per heavy atom. The van der Waals surface area contributed by atoms with E-state index >= 15 is 0 Å². The molecule has 2 heterocycles. The van der Waals surface area contributed by atoms with Gasteiger partial charge in [-0.25, -0.2) is 31.6 Å². The molecule has 0 aliphatic carbocycles. The number of aryl methyl sites for hydroxylation is 1. The van der Waals surface area contributed by atoms with Gasteiger partial charge in [-0.05, 0) is 42.3 Å². The van der Waals surface area contributed by atoms with Crippen molar-refractivity contribution >= 4 is 21.4 Å². The molecule has 0 saturated heterocycles. The van der Waals surface area contributed by atoms with Gasteiger partial charge in [0.15, 0.2) is 5.78 Å². The Hall–Kier alpha value is -3.53. The van der Waals surface area contributed by atoms with Crippen molar-refractivity contribution in [3.05, 3.63) is 89.8 Å². The van der Waals surface area contributed by atoms with Crippen molar-refractivity contribution in [2.45, 2.75) is 29.1 Å². The molecule has 164 valence electrons. The smallest absolute Gasteiger partial charge is 0.266 e. The fourth-order valence-electron chi connectivity index (χ4n) is 3.19. The minimum atomic E-state index is -4.08. The molecule has 0 spiro atoms. The second kappa shape index (κ2) is 8.54. The summed E-state index contributed by atoms with van der Waals surface area (Å²) in [4.78, 5) is 20.0. The number of alkyl halides is 2. The normalized spacial score (nSPS) is 11.9. The molecule has 0 atom stereocenters. The van der Waals surface area contributed by atoms with E-state index in [1.165, 1.54) is 18.3 Å². The van der Waals surface area contributed by atoms with Crippen LogP contribution in [0, 0.1) is 5.82 Å². The summed E-state index contributed by atoms with van der Waals surface area (Å²) in [6.45, 7) is 0. The summed E-state index contributed by atoms with van der Waals surface area (Å²) in [5.74, 6) is -0.916. The van der Waals surface area contributed by atoms with Gasteiger partial charge in [0.2, 0.25) is 15.6 Å². The van der Waals surface area contributed by atoms with Crippen LogP contribution in [-0.2, 0) is 16.3 Å². The van der Waals surface area contributed by atoms with Crippen molar-refractivity contribution < 1.29 is 26.4 Å². The van der Waals surface area contributed by atoms with Crippen LogP contribution in [0.15, 0.2) is 77.0 Å². The predicted molar refractivity (Wildman–Crippen MR) is 109 cm³/mol. The van der Waals surface area contributed by atoms with Crippen molar-refractivity contribution in [1.29, 1.82) is 0 Å². The Morgan fingerprint density at radius 1 is 1.03 bits per heavy atom. The first kappa shape index (κ1) is 21.7. The highest BCUT2D eigenvalue weighted by Crippen LogP contribution is 2.27. The van der Waals surface area contributed by atoms with Crippen LogP contribution >= 0.6 is 0 Å². The van der Waals surface area contributed by atoms with E-state index in [1.54, 1.807) is 35.1 Å². The second-order valence-electron chi connectivity index (χ2n) is 7.03. The summed E-state index contributed by atoms with van der Waals surface area (Å²) >= 11 is 0. The van der Waals surface area contributed by atoms with Gasteiger partial charge in [0, 0.05) is 31.2 Å². The van der Waals surface area contributed by atoms with E-state index < -0.39 is 32.5 Å². The number of imidazole rings is 1. The number of halogens is 3. The third-order valence-corrected chi connectivity index (χ3v) is 6.73. The quantitative estimate of drug-likeness (QED) is 0.382. The molecule has 0 N–H and O–H groups in total. The van der Waals surface area contributed by atoms with Crippen LogP contribution in [-0.4, -0.2) is 28.6 Å². The molecule has 32 heavy (non-hydrogen) atoms. The lowest BCUT2D eigenvalue weighted by atomic mass is 10.0. The third kappa shape index (κ3) is 4.26. The van der Waals surface area contributed by atoms with Gasteiger partial charge < -0.3 is 0 Å². The van der Waals surface area contributed by atoms with Gasteiger partial charge in [0.1, 0.15) is 5.82 Å². The molecular weight excluding hydrogens is 443 g/mol. The van der Waals surface area contributed by atoms with Crippen molar-refractivity contribution in [3.8, 4) is 0 Å². The Labute approximate surface area is 181 Å². The number of ketones is 1. The topological polar surface area (TPSA) is 81.4 Å². The maximum Gasteiger partial charge on any atom is 0.266 e. The van der Waals surface area contributed by atoms with Crippen molar-refractivity contribution in [2.75, 3.05) is 0 Å². The molecule has 2 aromatic heterocycles. The summed E-state index contributed by atoms with van der Waals surface area (Å²) < 4.78 is 66.2. The fraction of sp³-hybridized carbons (Fsp3) is 0.136. The van der Waals surface area contributed by atoms with Gasteiger partial charge in [0.25, 0.3) is 6.43 Å². The predicted octanol–water partition coefficient (Wildman–Crippen LogP) is 4.45. The minimum Gasteiger partial charge on any atom is -0.294 e. The largest absolute Gasteiger partial charge is 0.294 e. The zero-order valence-corrected chi connectivity index (χ0v) is 17.3. The second-order valence-corrected chi connectivity index (χ2v) is 8.98. The standard InChI is InChI=1S/C22H16F3N3O3S/c23-19-11-17(6-7-18(19)21(24)25)32(30,31)16-4-1-14(2-5-16)3-8-20(29)15-12-27-22-26-9-10-28(22)13-15/h1-2,4-7,9-13,21H,3,8H2. The molecule has 4 aromatic rings. The van der Waals surface area contributed by atoms with Gasteiger partial charge in [-0.15, -0.1) is 0 Å². The number of sulfone groups is 1. The molecular formula is C22H16F3N3O3S. The molecule has 6 nitrogen and oxygen atoms in total. The number of fused-ring (bicyclic) bond motifs is 1. The Balaban J connectivity index is 1.46.